The first kappa shape index (κ1) is 11.0. The highest BCUT2D eigenvalue weighted by molar-refractivity contribution is 6.50. The highest BCUT2D eigenvalue weighted by Gasteiger charge is 2.32. The lowest BCUT2D eigenvalue weighted by Crippen LogP contribution is -2.25. The quantitative estimate of drug-likeness (QED) is 0.811. The number of hydrogen-bond donors (Lipinski definition) is 1. The van der Waals surface area contributed by atoms with Gasteiger partial charge in [-0.05, 0) is 6.92 Å². The lowest BCUT2D eigenvalue weighted by Gasteiger charge is -2.19. The Morgan fingerprint density at radius 3 is 2.12 bits per heavy atom. The molecule has 1 atom stereocenters. The Hall–Kier alpha value is -1.45. The summed E-state index contributed by atoms with van der Waals surface area (Å²) in [4.78, 5) is 23.8. The van der Waals surface area contributed by atoms with Gasteiger partial charge in [0.2, 0.25) is 5.78 Å². The number of fused-ring (bicyclic) bond motifs is 1. The van der Waals surface area contributed by atoms with Gasteiger partial charge in [-0.15, -0.1) is 0 Å². The Bertz CT molecular complexity index is 515. The average Bonchev–Trinajstić information content (AvgIpc) is 2.26. The molecular weight excluding hydrogens is 228 g/mol. The minimum atomic E-state index is -1.04. The van der Waals surface area contributed by atoms with Gasteiger partial charge in [0.25, 0.3) is 0 Å². The molecule has 0 fully saturated rings. The van der Waals surface area contributed by atoms with Crippen LogP contribution in [0, 0.1) is 0 Å². The van der Waals surface area contributed by atoms with Crippen molar-refractivity contribution in [3.8, 4) is 0 Å². The Balaban J connectivity index is 2.68. The Morgan fingerprint density at radius 1 is 1.12 bits per heavy atom. The molecule has 16 heavy (non-hydrogen) atoms. The summed E-state index contributed by atoms with van der Waals surface area (Å²) < 4.78 is 0. The molecule has 1 aliphatic carbocycles. The van der Waals surface area contributed by atoms with E-state index in [-0.39, 0.29) is 16.4 Å². The maximum Gasteiger partial charge on any atom is 0.205 e. The van der Waals surface area contributed by atoms with Crippen LogP contribution in [0.3, 0.4) is 0 Å². The minimum absolute atomic E-state index is 0.0228. The van der Waals surface area contributed by atoms with Crippen LogP contribution in [-0.2, 0) is 0 Å². The normalized spacial score (nSPS) is 17.4. The number of Topliss-reactive ketones (excluding diaryl/α,β-unsaturated/α-hetero) is 2. The van der Waals surface area contributed by atoms with Gasteiger partial charge in [0.05, 0.1) is 16.7 Å². The van der Waals surface area contributed by atoms with E-state index in [1.165, 1.54) is 6.92 Å². The number of aliphatic hydroxyl groups is 1. The Morgan fingerprint density at radius 2 is 1.62 bits per heavy atom. The SMILES string of the molecule is CC(O)C1=C(Cl)C(=O)c2ccccc2C1=O. The van der Waals surface area contributed by atoms with Crippen LogP contribution in [0.4, 0.5) is 0 Å². The van der Waals surface area contributed by atoms with E-state index < -0.39 is 11.9 Å². The van der Waals surface area contributed by atoms with Crippen LogP contribution in [0.15, 0.2) is 34.9 Å². The van der Waals surface area contributed by atoms with Gasteiger partial charge in [0.15, 0.2) is 5.78 Å². The predicted molar refractivity (Wildman–Crippen MR) is 59.7 cm³/mol. The van der Waals surface area contributed by atoms with Crippen LogP contribution in [0.1, 0.15) is 27.6 Å². The molecule has 0 saturated heterocycles. The molecule has 0 heterocycles. The number of aliphatic hydroxyl groups excluding tert-OH is 1. The summed E-state index contributed by atoms with van der Waals surface area (Å²) in [6.07, 6.45) is -1.04. The molecule has 3 nitrogen and oxygen atoms in total. The molecule has 0 radical (unpaired) electrons. The van der Waals surface area contributed by atoms with E-state index in [2.05, 4.69) is 0 Å². The molecule has 0 bridgehead atoms. The Labute approximate surface area is 97.3 Å². The van der Waals surface area contributed by atoms with Crippen LogP contribution in [0.2, 0.25) is 0 Å². The van der Waals surface area contributed by atoms with Gasteiger partial charge >= 0.3 is 0 Å². The number of hydrogen-bond acceptors (Lipinski definition) is 3. The third-order valence-corrected chi connectivity index (χ3v) is 2.89. The van der Waals surface area contributed by atoms with Crippen LogP contribution in [0.25, 0.3) is 0 Å². The molecule has 4 heteroatoms. The second-order valence-corrected chi connectivity index (χ2v) is 3.99. The van der Waals surface area contributed by atoms with E-state index in [4.69, 9.17) is 11.6 Å². The molecule has 0 aromatic heterocycles. The van der Waals surface area contributed by atoms with E-state index >= 15 is 0 Å². The second-order valence-electron chi connectivity index (χ2n) is 3.61. The maximum atomic E-state index is 12.0. The highest BCUT2D eigenvalue weighted by Crippen LogP contribution is 2.29. The zero-order valence-electron chi connectivity index (χ0n) is 8.53. The van der Waals surface area contributed by atoms with E-state index in [1.807, 2.05) is 0 Å². The van der Waals surface area contributed by atoms with Gasteiger partial charge in [-0.2, -0.15) is 0 Å². The maximum absolute atomic E-state index is 12.0. The fourth-order valence-corrected chi connectivity index (χ4v) is 2.08. The minimum Gasteiger partial charge on any atom is -0.389 e. The summed E-state index contributed by atoms with van der Waals surface area (Å²) in [7, 11) is 0. The smallest absolute Gasteiger partial charge is 0.205 e. The van der Waals surface area contributed by atoms with Crippen LogP contribution >= 0.6 is 11.6 Å². The van der Waals surface area contributed by atoms with Crippen LogP contribution in [0.5, 0.6) is 0 Å². The summed E-state index contributed by atoms with van der Waals surface area (Å²) in [5.41, 5.74) is 0.570. The number of carbonyl (C=O) groups excluding carboxylic acids is 2. The molecule has 0 aliphatic heterocycles. The van der Waals surface area contributed by atoms with Crippen molar-refractivity contribution < 1.29 is 14.7 Å². The highest BCUT2D eigenvalue weighted by atomic mass is 35.5. The van der Waals surface area contributed by atoms with Crippen molar-refractivity contribution in [3.05, 3.63) is 46.0 Å². The molecule has 1 aliphatic rings. The van der Waals surface area contributed by atoms with Crippen LogP contribution in [-0.4, -0.2) is 22.8 Å². The van der Waals surface area contributed by atoms with Gasteiger partial charge in [0, 0.05) is 11.1 Å². The van der Waals surface area contributed by atoms with Crippen molar-refractivity contribution >= 4 is 23.2 Å². The zero-order valence-corrected chi connectivity index (χ0v) is 9.28. The van der Waals surface area contributed by atoms with Gasteiger partial charge in [-0.25, -0.2) is 0 Å². The largest absolute Gasteiger partial charge is 0.389 e. The standard InChI is InChI=1S/C12H9ClO3/c1-6(14)9-10(13)12(16)8-5-3-2-4-7(8)11(9)15/h2-6,14H,1H3. The van der Waals surface area contributed by atoms with E-state index in [0.717, 1.165) is 0 Å². The molecule has 0 spiro atoms. The topological polar surface area (TPSA) is 54.4 Å². The zero-order chi connectivity index (χ0) is 11.9. The van der Waals surface area contributed by atoms with E-state index in [0.29, 0.717) is 11.1 Å². The monoisotopic (exact) mass is 236 g/mol. The Kier molecular flexibility index (Phi) is 2.66. The molecule has 0 saturated carbocycles. The van der Waals surface area contributed by atoms with Crippen molar-refractivity contribution in [1.29, 1.82) is 0 Å². The number of carbonyl (C=O) groups is 2. The molecular formula is C12H9ClO3. The van der Waals surface area contributed by atoms with E-state index in [1.54, 1.807) is 24.3 Å². The summed E-state index contributed by atoms with van der Waals surface area (Å²) in [5.74, 6) is -0.789. The van der Waals surface area contributed by atoms with Crippen molar-refractivity contribution in [2.24, 2.45) is 0 Å². The first-order valence-electron chi connectivity index (χ1n) is 4.80. The first-order chi connectivity index (χ1) is 7.54. The number of halogens is 1. The summed E-state index contributed by atoms with van der Waals surface area (Å²) in [5, 5.41) is 9.26. The van der Waals surface area contributed by atoms with E-state index in [9.17, 15) is 14.7 Å². The van der Waals surface area contributed by atoms with Crippen molar-refractivity contribution in [2.45, 2.75) is 13.0 Å². The van der Waals surface area contributed by atoms with Crippen molar-refractivity contribution in [3.63, 3.8) is 0 Å². The third kappa shape index (κ3) is 1.49. The molecule has 82 valence electrons. The van der Waals surface area contributed by atoms with Gasteiger partial charge in [-0.1, -0.05) is 35.9 Å². The fourth-order valence-electron chi connectivity index (χ4n) is 1.74. The molecule has 1 unspecified atom stereocenters. The number of benzene rings is 1. The second kappa shape index (κ2) is 3.85. The number of ketones is 2. The number of rotatable bonds is 1. The van der Waals surface area contributed by atoms with Gasteiger partial charge in [0.1, 0.15) is 0 Å². The van der Waals surface area contributed by atoms with Crippen molar-refractivity contribution in [2.75, 3.05) is 0 Å². The summed E-state index contributed by atoms with van der Waals surface area (Å²) in [6, 6.07) is 6.45. The predicted octanol–water partition coefficient (Wildman–Crippen LogP) is 1.94. The van der Waals surface area contributed by atoms with Crippen molar-refractivity contribution in [1.82, 2.24) is 0 Å². The molecule has 2 rings (SSSR count). The fraction of sp³-hybridized carbons (Fsp3) is 0.167. The van der Waals surface area contributed by atoms with Crippen LogP contribution < -0.4 is 0 Å². The number of allylic oxidation sites excluding steroid dienone is 1. The lowest BCUT2D eigenvalue weighted by atomic mass is 9.87. The summed E-state index contributed by atoms with van der Waals surface area (Å²) >= 11 is 5.80. The molecule has 0 amide bonds. The summed E-state index contributed by atoms with van der Waals surface area (Å²) in [6.45, 7) is 1.41. The molecule has 1 aromatic carbocycles. The molecule has 1 aromatic rings. The average molecular weight is 237 g/mol. The lowest BCUT2D eigenvalue weighted by molar-refractivity contribution is 0.0950. The van der Waals surface area contributed by atoms with Gasteiger partial charge < -0.3 is 5.11 Å². The molecule has 1 N–H and O–H groups in total. The first-order valence-corrected chi connectivity index (χ1v) is 5.18. The third-order valence-electron chi connectivity index (χ3n) is 2.51. The van der Waals surface area contributed by atoms with Gasteiger partial charge in [-0.3, -0.25) is 9.59 Å².